The molecule has 9 rings (SSSR count). The van der Waals surface area contributed by atoms with E-state index < -0.39 is 6.43 Å². The number of allylic oxidation sites excluding steroid dienone is 1. The minimum Gasteiger partial charge on any atom is -0.351 e. The Morgan fingerprint density at radius 2 is 1.82 bits per heavy atom. The molecule has 2 fully saturated rings. The first-order chi connectivity index (χ1) is 30.0. The molecule has 62 heavy (non-hydrogen) atoms. The van der Waals surface area contributed by atoms with Crippen molar-refractivity contribution in [2.75, 3.05) is 44.7 Å². The number of likely N-dealkylation sites (tertiary alicyclic amines) is 1. The van der Waals surface area contributed by atoms with Gasteiger partial charge in [0, 0.05) is 119 Å². The molecule has 4 amide bonds. The van der Waals surface area contributed by atoms with Gasteiger partial charge in [-0.15, -0.1) is 0 Å². The van der Waals surface area contributed by atoms with Crippen molar-refractivity contribution in [2.45, 2.75) is 115 Å². The van der Waals surface area contributed by atoms with E-state index in [9.17, 15) is 28.0 Å². The zero-order chi connectivity index (χ0) is 43.2. The maximum atomic E-state index is 14.7. The van der Waals surface area contributed by atoms with Crippen molar-refractivity contribution < 1.29 is 23.2 Å². The van der Waals surface area contributed by atoms with Gasteiger partial charge in [-0.2, -0.15) is 5.10 Å². The van der Waals surface area contributed by atoms with Crippen LogP contribution in [0, 0.1) is 5.92 Å². The van der Waals surface area contributed by atoms with Crippen LogP contribution < -0.4 is 26.6 Å². The van der Waals surface area contributed by atoms with Crippen LogP contribution >= 0.6 is 0 Å². The van der Waals surface area contributed by atoms with Crippen LogP contribution in [0.2, 0.25) is 0 Å². The molecule has 3 aromatic rings. The fourth-order valence-corrected chi connectivity index (χ4v) is 10.7. The number of hydrogen-bond donors (Lipinski definition) is 3. The topological polar surface area (TPSA) is 145 Å². The van der Waals surface area contributed by atoms with Crippen LogP contribution in [0.5, 0.6) is 0 Å². The number of benzene rings is 1. The second-order valence-corrected chi connectivity index (χ2v) is 17.9. The van der Waals surface area contributed by atoms with Crippen molar-refractivity contribution in [3.63, 3.8) is 0 Å². The number of carbonyl (C=O) groups is 3. The van der Waals surface area contributed by atoms with E-state index in [1.807, 2.05) is 26.5 Å². The van der Waals surface area contributed by atoms with Gasteiger partial charge in [-0.3, -0.25) is 23.4 Å². The summed E-state index contributed by atoms with van der Waals surface area (Å²) >= 11 is 0. The minimum atomic E-state index is -2.67. The first-order valence-corrected chi connectivity index (χ1v) is 22.5. The van der Waals surface area contributed by atoms with Gasteiger partial charge in [-0.1, -0.05) is 19.4 Å². The van der Waals surface area contributed by atoms with Gasteiger partial charge < -0.3 is 30.3 Å². The summed E-state index contributed by atoms with van der Waals surface area (Å²) in [6, 6.07) is 3.56. The number of fused-ring (bicyclic) bond motifs is 2. The Bertz CT molecular complexity index is 2340. The highest BCUT2D eigenvalue weighted by molar-refractivity contribution is 5.78. The number of nitrogens with zero attached hydrogens (tertiary/aromatic N) is 8. The van der Waals surface area contributed by atoms with E-state index in [1.165, 1.54) is 0 Å². The molecule has 7 heterocycles. The van der Waals surface area contributed by atoms with Gasteiger partial charge in [0.15, 0.2) is 0 Å². The second-order valence-electron chi connectivity index (χ2n) is 17.9. The molecule has 2 aromatic heterocycles. The Morgan fingerprint density at radius 3 is 2.55 bits per heavy atom. The zero-order valence-electron chi connectivity index (χ0n) is 36.0. The van der Waals surface area contributed by atoms with Crippen molar-refractivity contribution >= 4 is 29.6 Å². The number of hydrogen-bond acceptors (Lipinski definition) is 8. The molecule has 3 N–H and O–H groups in total. The number of alkyl halides is 2. The maximum absolute atomic E-state index is 14.7. The average Bonchev–Trinajstić information content (AvgIpc) is 4.06. The number of imidazole rings is 1. The molecule has 332 valence electrons. The number of halogens is 2. The van der Waals surface area contributed by atoms with E-state index in [-0.39, 0.29) is 47.5 Å². The average molecular weight is 856 g/mol. The number of aryl methyl sites for hydroxylation is 2. The highest BCUT2D eigenvalue weighted by atomic mass is 19.3. The quantitative estimate of drug-likeness (QED) is 0.228. The van der Waals surface area contributed by atoms with Crippen LogP contribution in [-0.2, 0) is 36.0 Å². The number of aromatic nitrogens is 4. The van der Waals surface area contributed by atoms with Crippen molar-refractivity contribution in [3.05, 3.63) is 74.9 Å². The summed E-state index contributed by atoms with van der Waals surface area (Å²) in [5.74, 6) is 0.449. The number of hydrazine groups is 1. The van der Waals surface area contributed by atoms with Crippen LogP contribution in [0.25, 0.3) is 17.2 Å². The highest BCUT2D eigenvalue weighted by Crippen LogP contribution is 2.42. The maximum Gasteiger partial charge on any atom is 0.330 e. The lowest BCUT2D eigenvalue weighted by Crippen LogP contribution is -2.55. The minimum absolute atomic E-state index is 0.0187. The van der Waals surface area contributed by atoms with E-state index in [0.717, 1.165) is 85.3 Å². The highest BCUT2D eigenvalue weighted by Gasteiger charge is 2.43. The lowest BCUT2D eigenvalue weighted by Gasteiger charge is -2.41. The fourth-order valence-electron chi connectivity index (χ4n) is 10.7. The smallest absolute Gasteiger partial charge is 0.330 e. The van der Waals surface area contributed by atoms with Gasteiger partial charge in [0.05, 0.1) is 11.9 Å². The summed E-state index contributed by atoms with van der Waals surface area (Å²) in [6.45, 7) is 5.66. The van der Waals surface area contributed by atoms with Crippen molar-refractivity contribution in [3.8, 4) is 11.1 Å². The Hall–Kier alpha value is -5.45. The number of amides is 4. The summed E-state index contributed by atoms with van der Waals surface area (Å²) in [4.78, 5) is 58.1. The van der Waals surface area contributed by atoms with Crippen molar-refractivity contribution in [2.24, 2.45) is 13.0 Å². The summed E-state index contributed by atoms with van der Waals surface area (Å²) in [6.07, 6.45) is 12.8. The van der Waals surface area contributed by atoms with E-state index in [1.54, 1.807) is 41.8 Å². The third kappa shape index (κ3) is 7.92. The SMILES string of the molecule is CNC(=O)N1CCC2=C(C1)C(N1CCCc3cc(-c4cnn(C)c4)c(C(F)F)cc31)NN2C1CCN(C(=O)CCCCCn2c3c(n(C4CCC(=O)N4)c2=O)CC(C)C=C3)CC1. The first kappa shape index (κ1) is 41.9. The van der Waals surface area contributed by atoms with E-state index in [0.29, 0.717) is 82.0 Å². The molecular weight excluding hydrogens is 797 g/mol. The van der Waals surface area contributed by atoms with Crippen molar-refractivity contribution in [1.82, 2.24) is 49.8 Å². The number of unbranched alkanes of at least 4 members (excludes halogenated alkanes) is 2. The third-order valence-electron chi connectivity index (χ3n) is 13.9. The Kier molecular flexibility index (Phi) is 11.7. The molecular formula is C45H59F2N11O4. The molecule has 1 aliphatic carbocycles. The first-order valence-electron chi connectivity index (χ1n) is 22.5. The van der Waals surface area contributed by atoms with Gasteiger partial charge in [0.2, 0.25) is 11.8 Å². The molecule has 15 nitrogen and oxygen atoms in total. The van der Waals surface area contributed by atoms with Crippen LogP contribution in [0.1, 0.15) is 106 Å². The van der Waals surface area contributed by atoms with Gasteiger partial charge in [0.25, 0.3) is 6.43 Å². The number of piperidine rings is 1. The number of carbonyl (C=O) groups excluding carboxylic acids is 3. The predicted molar refractivity (Wildman–Crippen MR) is 231 cm³/mol. The van der Waals surface area contributed by atoms with Crippen molar-refractivity contribution in [1.29, 1.82) is 0 Å². The molecule has 17 heteroatoms. The predicted octanol–water partition coefficient (Wildman–Crippen LogP) is 5.05. The summed E-state index contributed by atoms with van der Waals surface area (Å²) in [5.41, 5.74) is 10.9. The lowest BCUT2D eigenvalue weighted by molar-refractivity contribution is -0.133. The van der Waals surface area contributed by atoms with Gasteiger partial charge in [-0.05, 0) is 86.6 Å². The third-order valence-corrected chi connectivity index (χ3v) is 13.9. The van der Waals surface area contributed by atoms with E-state index >= 15 is 0 Å². The summed E-state index contributed by atoms with van der Waals surface area (Å²) in [7, 11) is 3.42. The zero-order valence-corrected chi connectivity index (χ0v) is 36.0. The van der Waals surface area contributed by atoms with Crippen LogP contribution in [0.3, 0.4) is 0 Å². The monoisotopic (exact) mass is 855 g/mol. The molecule has 0 saturated carbocycles. The molecule has 0 spiro atoms. The molecule has 3 unspecified atom stereocenters. The normalized spacial score (nSPS) is 22.7. The van der Waals surface area contributed by atoms with E-state index in [2.05, 4.69) is 44.1 Å². The van der Waals surface area contributed by atoms with Crippen LogP contribution in [0.4, 0.5) is 19.3 Å². The van der Waals surface area contributed by atoms with Crippen LogP contribution in [0.15, 0.2) is 46.7 Å². The number of rotatable bonds is 11. The largest absolute Gasteiger partial charge is 0.351 e. The second kappa shape index (κ2) is 17.4. The summed E-state index contributed by atoms with van der Waals surface area (Å²) in [5, 5.41) is 12.3. The van der Waals surface area contributed by atoms with Gasteiger partial charge in [-0.25, -0.2) is 23.8 Å². The van der Waals surface area contributed by atoms with Crippen LogP contribution in [-0.4, -0.2) is 104 Å². The number of anilines is 1. The Balaban J connectivity index is 0.838. The van der Waals surface area contributed by atoms with Gasteiger partial charge >= 0.3 is 11.7 Å². The standard InChI is InChI=1S/C45H59F2N11O4/c1-28-10-11-36-38(22-28)57(39-12-13-40(59)50-39)45(62)56(36)17-6-4-5-9-41(60)53-19-14-31(15-20-53)58-35-16-21-54(44(61)48-2)27-34(35)43(51-58)55-18-7-8-29-23-32(30-25-49-52(3)26-30)33(42(46)47)24-37(29)55/h10-11,23-26,28,31,39,42-43,51H,4-9,12-22,27H2,1-3H3,(H,48,61)(H,50,59). The number of nitrogens with one attached hydrogen (secondary N) is 3. The van der Waals surface area contributed by atoms with Gasteiger partial charge in [0.1, 0.15) is 12.3 Å². The molecule has 5 aliphatic heterocycles. The molecule has 3 atom stereocenters. The van der Waals surface area contributed by atoms with E-state index in [4.69, 9.17) is 0 Å². The molecule has 0 bridgehead atoms. The Labute approximate surface area is 360 Å². The molecule has 0 radical (unpaired) electrons. The molecule has 6 aliphatic rings. The molecule has 1 aromatic carbocycles. The lowest BCUT2D eigenvalue weighted by atomic mass is 9.92. The summed E-state index contributed by atoms with van der Waals surface area (Å²) < 4.78 is 34.8. The Morgan fingerprint density at radius 1 is 1.00 bits per heavy atom. The molecule has 2 saturated heterocycles. The number of urea groups is 1. The fraction of sp³-hybridized carbons (Fsp3) is 0.578.